The third-order valence-electron chi connectivity index (χ3n) is 3.44. The summed E-state index contributed by atoms with van der Waals surface area (Å²) in [6.45, 7) is 0.181. The van der Waals surface area contributed by atoms with Crippen LogP contribution in [-0.4, -0.2) is 38.6 Å². The van der Waals surface area contributed by atoms with Gasteiger partial charge in [0, 0.05) is 13.0 Å². The minimum absolute atomic E-state index is 0.0641. The quantitative estimate of drug-likeness (QED) is 0.646. The first-order valence-corrected chi connectivity index (χ1v) is 6.34. The van der Waals surface area contributed by atoms with E-state index in [9.17, 15) is 14.4 Å². The van der Waals surface area contributed by atoms with Crippen molar-refractivity contribution in [3.63, 3.8) is 0 Å². The van der Waals surface area contributed by atoms with Crippen LogP contribution in [0.1, 0.15) is 16.8 Å². The number of para-hydroxylation sites is 1. The predicted molar refractivity (Wildman–Crippen MR) is 74.7 cm³/mol. The standard InChI is InChI=1S/C14H16N2O5/c1-20-13(18)8-6-11(17)16(7-8)10-5-3-4-9(12(10)15)14(19)21-2/h3-5,8H,6-7,15H2,1-2H3. The lowest BCUT2D eigenvalue weighted by atomic mass is 10.1. The summed E-state index contributed by atoms with van der Waals surface area (Å²) in [6, 6.07) is 4.75. The third-order valence-corrected chi connectivity index (χ3v) is 3.44. The molecule has 1 aromatic rings. The number of anilines is 2. The number of benzene rings is 1. The summed E-state index contributed by atoms with van der Waals surface area (Å²) < 4.78 is 9.29. The van der Waals surface area contributed by atoms with Crippen molar-refractivity contribution in [2.75, 3.05) is 31.4 Å². The average Bonchev–Trinajstić information content (AvgIpc) is 2.87. The van der Waals surface area contributed by atoms with Crippen LogP contribution in [0.4, 0.5) is 11.4 Å². The molecule has 1 fully saturated rings. The van der Waals surface area contributed by atoms with E-state index in [1.807, 2.05) is 0 Å². The molecule has 112 valence electrons. The maximum absolute atomic E-state index is 12.1. The Kier molecular flexibility index (Phi) is 4.11. The van der Waals surface area contributed by atoms with Gasteiger partial charge in [-0.05, 0) is 12.1 Å². The molecule has 1 atom stereocenters. The first-order valence-electron chi connectivity index (χ1n) is 6.34. The van der Waals surface area contributed by atoms with Crippen molar-refractivity contribution in [2.45, 2.75) is 6.42 Å². The molecule has 0 bridgehead atoms. The van der Waals surface area contributed by atoms with Crippen molar-refractivity contribution < 1.29 is 23.9 Å². The lowest BCUT2D eigenvalue weighted by Gasteiger charge is -2.19. The highest BCUT2D eigenvalue weighted by Gasteiger charge is 2.37. The predicted octanol–water partition coefficient (Wildman–Crippen LogP) is 0.581. The minimum Gasteiger partial charge on any atom is -0.469 e. The summed E-state index contributed by atoms with van der Waals surface area (Å²) in [5.41, 5.74) is 6.68. The van der Waals surface area contributed by atoms with E-state index in [4.69, 9.17) is 5.73 Å². The molecule has 21 heavy (non-hydrogen) atoms. The largest absolute Gasteiger partial charge is 0.469 e. The molecule has 1 aliphatic rings. The molecule has 1 saturated heterocycles. The van der Waals surface area contributed by atoms with Crippen molar-refractivity contribution in [3.05, 3.63) is 23.8 Å². The number of hydrogen-bond acceptors (Lipinski definition) is 6. The molecule has 2 rings (SSSR count). The van der Waals surface area contributed by atoms with Crippen LogP contribution in [-0.2, 0) is 19.1 Å². The summed E-state index contributed by atoms with van der Waals surface area (Å²) in [5.74, 6) is -1.78. The maximum Gasteiger partial charge on any atom is 0.340 e. The minimum atomic E-state index is -0.578. The summed E-state index contributed by atoms with van der Waals surface area (Å²) in [7, 11) is 2.53. The van der Waals surface area contributed by atoms with E-state index < -0.39 is 17.9 Å². The SMILES string of the molecule is COC(=O)c1cccc(N2CC(C(=O)OC)CC2=O)c1N. The van der Waals surface area contributed by atoms with E-state index in [-0.39, 0.29) is 30.1 Å². The van der Waals surface area contributed by atoms with Gasteiger partial charge in [0.1, 0.15) is 0 Å². The molecule has 1 unspecified atom stereocenters. The topological polar surface area (TPSA) is 98.9 Å². The Hall–Kier alpha value is -2.57. The van der Waals surface area contributed by atoms with Gasteiger partial charge in [-0.2, -0.15) is 0 Å². The monoisotopic (exact) mass is 292 g/mol. The molecule has 0 aliphatic carbocycles. The number of methoxy groups -OCH3 is 2. The molecule has 1 heterocycles. The number of rotatable bonds is 3. The van der Waals surface area contributed by atoms with Crippen molar-refractivity contribution in [2.24, 2.45) is 5.92 Å². The number of ether oxygens (including phenoxy) is 2. The zero-order valence-electron chi connectivity index (χ0n) is 11.8. The second-order valence-corrected chi connectivity index (χ2v) is 4.66. The van der Waals surface area contributed by atoms with E-state index in [1.54, 1.807) is 12.1 Å². The first-order chi connectivity index (χ1) is 9.99. The van der Waals surface area contributed by atoms with Crippen LogP contribution in [0, 0.1) is 5.92 Å². The Morgan fingerprint density at radius 3 is 2.62 bits per heavy atom. The fourth-order valence-electron chi connectivity index (χ4n) is 2.34. The van der Waals surface area contributed by atoms with E-state index in [1.165, 1.54) is 25.2 Å². The molecule has 0 spiro atoms. The zero-order chi connectivity index (χ0) is 15.6. The number of hydrogen-bond donors (Lipinski definition) is 1. The number of nitrogens with zero attached hydrogens (tertiary/aromatic N) is 1. The van der Waals surface area contributed by atoms with Crippen LogP contribution in [0.25, 0.3) is 0 Å². The van der Waals surface area contributed by atoms with Gasteiger partial charge in [0.2, 0.25) is 5.91 Å². The number of amides is 1. The fraction of sp³-hybridized carbons (Fsp3) is 0.357. The highest BCUT2D eigenvalue weighted by molar-refractivity contribution is 6.05. The molecule has 1 amide bonds. The number of carbonyl (C=O) groups is 3. The Morgan fingerprint density at radius 1 is 1.29 bits per heavy atom. The Balaban J connectivity index is 2.33. The molecule has 7 heteroatoms. The van der Waals surface area contributed by atoms with Gasteiger partial charge in [-0.15, -0.1) is 0 Å². The van der Waals surface area contributed by atoms with Gasteiger partial charge in [0.25, 0.3) is 0 Å². The van der Waals surface area contributed by atoms with E-state index in [0.717, 1.165) is 0 Å². The van der Waals surface area contributed by atoms with Gasteiger partial charge in [0.05, 0.1) is 37.1 Å². The Labute approximate surface area is 121 Å². The molecule has 0 aromatic heterocycles. The van der Waals surface area contributed by atoms with Gasteiger partial charge in [-0.3, -0.25) is 9.59 Å². The average molecular weight is 292 g/mol. The second kappa shape index (κ2) is 5.82. The van der Waals surface area contributed by atoms with Gasteiger partial charge < -0.3 is 20.1 Å². The Morgan fingerprint density at radius 2 is 2.00 bits per heavy atom. The van der Waals surface area contributed by atoms with Crippen molar-refractivity contribution in [1.82, 2.24) is 0 Å². The lowest BCUT2D eigenvalue weighted by Crippen LogP contribution is -2.27. The third kappa shape index (κ3) is 2.67. The highest BCUT2D eigenvalue weighted by Crippen LogP contribution is 2.32. The Bertz CT molecular complexity index is 599. The smallest absolute Gasteiger partial charge is 0.340 e. The number of nitrogens with two attached hydrogens (primary N) is 1. The number of carbonyl (C=O) groups excluding carboxylic acids is 3. The van der Waals surface area contributed by atoms with Crippen molar-refractivity contribution in [1.29, 1.82) is 0 Å². The van der Waals surface area contributed by atoms with Gasteiger partial charge in [-0.1, -0.05) is 6.07 Å². The molecule has 1 aromatic carbocycles. The van der Waals surface area contributed by atoms with Crippen LogP contribution in [0.5, 0.6) is 0 Å². The molecule has 0 saturated carbocycles. The maximum atomic E-state index is 12.1. The van der Waals surface area contributed by atoms with Crippen molar-refractivity contribution >= 4 is 29.2 Å². The summed E-state index contributed by atoms with van der Waals surface area (Å²) >= 11 is 0. The summed E-state index contributed by atoms with van der Waals surface area (Å²) in [6.07, 6.45) is 0.0641. The highest BCUT2D eigenvalue weighted by atomic mass is 16.5. The molecular formula is C14H16N2O5. The van der Waals surface area contributed by atoms with Crippen LogP contribution in [0.3, 0.4) is 0 Å². The van der Waals surface area contributed by atoms with Gasteiger partial charge >= 0.3 is 11.9 Å². The van der Waals surface area contributed by atoms with E-state index in [0.29, 0.717) is 5.69 Å². The fourth-order valence-corrected chi connectivity index (χ4v) is 2.34. The first kappa shape index (κ1) is 14.8. The normalized spacial score (nSPS) is 17.7. The zero-order valence-corrected chi connectivity index (χ0v) is 11.8. The summed E-state index contributed by atoms with van der Waals surface area (Å²) in [4.78, 5) is 36.6. The number of nitrogen functional groups attached to an aromatic ring is 1. The van der Waals surface area contributed by atoms with Crippen LogP contribution in [0.15, 0.2) is 18.2 Å². The second-order valence-electron chi connectivity index (χ2n) is 4.66. The molecule has 1 aliphatic heterocycles. The van der Waals surface area contributed by atoms with Crippen molar-refractivity contribution in [3.8, 4) is 0 Å². The molecule has 2 N–H and O–H groups in total. The lowest BCUT2D eigenvalue weighted by molar-refractivity contribution is -0.145. The van der Waals surface area contributed by atoms with Gasteiger partial charge in [0.15, 0.2) is 0 Å². The van der Waals surface area contributed by atoms with E-state index >= 15 is 0 Å². The summed E-state index contributed by atoms with van der Waals surface area (Å²) in [5, 5.41) is 0. The van der Waals surface area contributed by atoms with Crippen LogP contribution >= 0.6 is 0 Å². The van der Waals surface area contributed by atoms with E-state index in [2.05, 4.69) is 9.47 Å². The molecule has 0 radical (unpaired) electrons. The number of esters is 2. The molecule has 7 nitrogen and oxygen atoms in total. The van der Waals surface area contributed by atoms with Crippen LogP contribution in [0.2, 0.25) is 0 Å². The molecular weight excluding hydrogens is 276 g/mol. The van der Waals surface area contributed by atoms with Crippen LogP contribution < -0.4 is 10.6 Å². The van der Waals surface area contributed by atoms with Gasteiger partial charge in [-0.25, -0.2) is 4.79 Å².